The van der Waals surface area contributed by atoms with Crippen molar-refractivity contribution in [2.75, 3.05) is 11.9 Å². The molecular weight excluding hydrogens is 291 g/mol. The van der Waals surface area contributed by atoms with Gasteiger partial charge in [0.05, 0.1) is 17.4 Å². The predicted octanol–water partition coefficient (Wildman–Crippen LogP) is 1.04. The standard InChI is InChI=1S/C12H12F3N3O3/c1-11(21,2-3-19)10(20)18-7-4-8(12(13,14)15)9(5-16)17-6-7/h4,6,19,21H,2-3H2,1H3,(H,18,20). The van der Waals surface area contributed by atoms with Crippen molar-refractivity contribution >= 4 is 11.6 Å². The number of hydrogen-bond donors (Lipinski definition) is 3. The number of hydrogen-bond acceptors (Lipinski definition) is 5. The summed E-state index contributed by atoms with van der Waals surface area (Å²) in [5, 5.41) is 29.1. The van der Waals surface area contributed by atoms with Gasteiger partial charge in [0.15, 0.2) is 5.69 Å². The van der Waals surface area contributed by atoms with Crippen molar-refractivity contribution in [2.24, 2.45) is 0 Å². The highest BCUT2D eigenvalue weighted by atomic mass is 19.4. The molecule has 1 heterocycles. The summed E-state index contributed by atoms with van der Waals surface area (Å²) in [7, 11) is 0. The summed E-state index contributed by atoms with van der Waals surface area (Å²) in [6.07, 6.45) is -4.21. The van der Waals surface area contributed by atoms with E-state index in [4.69, 9.17) is 10.4 Å². The molecule has 0 fully saturated rings. The number of carbonyl (C=O) groups is 1. The summed E-state index contributed by atoms with van der Waals surface area (Å²) in [6.45, 7) is 0.639. The van der Waals surface area contributed by atoms with Crippen molar-refractivity contribution in [1.82, 2.24) is 4.98 Å². The Hall–Kier alpha value is -2.18. The Kier molecular flexibility index (Phi) is 4.88. The number of halogens is 3. The van der Waals surface area contributed by atoms with Crippen LogP contribution in [0.2, 0.25) is 0 Å². The van der Waals surface area contributed by atoms with Crippen molar-refractivity contribution in [1.29, 1.82) is 5.26 Å². The number of pyridine rings is 1. The Morgan fingerprint density at radius 1 is 1.52 bits per heavy atom. The van der Waals surface area contributed by atoms with Crippen molar-refractivity contribution < 1.29 is 28.2 Å². The van der Waals surface area contributed by atoms with Crippen LogP contribution in [0.3, 0.4) is 0 Å². The summed E-state index contributed by atoms with van der Waals surface area (Å²) >= 11 is 0. The summed E-state index contributed by atoms with van der Waals surface area (Å²) in [4.78, 5) is 15.0. The van der Waals surface area contributed by atoms with E-state index in [2.05, 4.69) is 10.3 Å². The van der Waals surface area contributed by atoms with Gasteiger partial charge in [-0.1, -0.05) is 0 Å². The van der Waals surface area contributed by atoms with Crippen LogP contribution < -0.4 is 5.32 Å². The molecule has 3 N–H and O–H groups in total. The van der Waals surface area contributed by atoms with Gasteiger partial charge in [0.2, 0.25) is 0 Å². The summed E-state index contributed by atoms with van der Waals surface area (Å²) in [6, 6.07) is 1.86. The molecular formula is C12H12F3N3O3. The van der Waals surface area contributed by atoms with Gasteiger partial charge in [-0.3, -0.25) is 4.79 Å². The average Bonchev–Trinajstić information content (AvgIpc) is 2.37. The Morgan fingerprint density at radius 2 is 2.14 bits per heavy atom. The Balaban J connectivity index is 3.07. The minimum absolute atomic E-state index is 0.283. The van der Waals surface area contributed by atoms with Crippen LogP contribution in [0.1, 0.15) is 24.6 Å². The van der Waals surface area contributed by atoms with E-state index in [1.807, 2.05) is 0 Å². The zero-order chi connectivity index (χ0) is 16.3. The van der Waals surface area contributed by atoms with Crippen LogP contribution in [0.25, 0.3) is 0 Å². The number of nitrogens with one attached hydrogen (secondary N) is 1. The lowest BCUT2D eigenvalue weighted by molar-refractivity contribution is -0.138. The second kappa shape index (κ2) is 6.07. The first-order valence-electron chi connectivity index (χ1n) is 5.74. The predicted molar refractivity (Wildman–Crippen MR) is 64.9 cm³/mol. The molecule has 9 heteroatoms. The molecule has 1 unspecified atom stereocenters. The molecule has 0 aromatic carbocycles. The van der Waals surface area contributed by atoms with Gasteiger partial charge in [-0.2, -0.15) is 18.4 Å². The van der Waals surface area contributed by atoms with Gasteiger partial charge in [0.25, 0.3) is 5.91 Å². The van der Waals surface area contributed by atoms with Crippen LogP contribution in [0, 0.1) is 11.3 Å². The fourth-order valence-corrected chi connectivity index (χ4v) is 1.44. The molecule has 0 aliphatic heterocycles. The molecule has 0 bridgehead atoms. The third-order valence-electron chi connectivity index (χ3n) is 2.64. The number of alkyl halides is 3. The maximum Gasteiger partial charge on any atom is 0.419 e. The normalized spacial score (nSPS) is 14.1. The monoisotopic (exact) mass is 303 g/mol. The molecule has 0 spiro atoms. The number of aliphatic hydroxyl groups is 2. The van der Waals surface area contributed by atoms with E-state index in [-0.39, 0.29) is 12.1 Å². The van der Waals surface area contributed by atoms with E-state index in [9.17, 15) is 23.1 Å². The molecule has 0 aliphatic rings. The van der Waals surface area contributed by atoms with Gasteiger partial charge >= 0.3 is 6.18 Å². The molecule has 0 saturated carbocycles. The van der Waals surface area contributed by atoms with Gasteiger partial charge in [-0.15, -0.1) is 0 Å². The smallest absolute Gasteiger partial charge is 0.396 e. The van der Waals surface area contributed by atoms with Crippen LogP contribution in [0.4, 0.5) is 18.9 Å². The first-order chi connectivity index (χ1) is 9.61. The van der Waals surface area contributed by atoms with E-state index in [0.29, 0.717) is 6.07 Å². The molecule has 0 aliphatic carbocycles. The minimum Gasteiger partial charge on any atom is -0.396 e. The SMILES string of the molecule is CC(O)(CCO)C(=O)Nc1cnc(C#N)c(C(F)(F)F)c1. The first-order valence-corrected chi connectivity index (χ1v) is 5.74. The molecule has 1 aromatic rings. The van der Waals surface area contributed by atoms with Crippen LogP contribution in [0.5, 0.6) is 0 Å². The maximum atomic E-state index is 12.7. The quantitative estimate of drug-likeness (QED) is 0.770. The highest BCUT2D eigenvalue weighted by Crippen LogP contribution is 2.32. The second-order valence-electron chi connectivity index (χ2n) is 4.43. The number of aliphatic hydroxyl groups excluding tert-OH is 1. The van der Waals surface area contributed by atoms with E-state index < -0.39 is 35.5 Å². The third kappa shape index (κ3) is 4.14. The van der Waals surface area contributed by atoms with Crippen molar-refractivity contribution in [3.63, 3.8) is 0 Å². The highest BCUT2D eigenvalue weighted by Gasteiger charge is 2.35. The molecule has 21 heavy (non-hydrogen) atoms. The Bertz CT molecular complexity index is 579. The lowest BCUT2D eigenvalue weighted by atomic mass is 10.0. The topological polar surface area (TPSA) is 106 Å². The maximum absolute atomic E-state index is 12.7. The Labute approximate surface area is 117 Å². The van der Waals surface area contributed by atoms with Crippen LogP contribution in [-0.2, 0) is 11.0 Å². The van der Waals surface area contributed by atoms with Gasteiger partial charge in [-0.05, 0) is 13.0 Å². The fourth-order valence-electron chi connectivity index (χ4n) is 1.44. The Morgan fingerprint density at radius 3 is 2.62 bits per heavy atom. The van der Waals surface area contributed by atoms with E-state index >= 15 is 0 Å². The molecule has 114 valence electrons. The molecule has 0 saturated heterocycles. The lowest BCUT2D eigenvalue weighted by Crippen LogP contribution is -2.40. The molecule has 1 aromatic heterocycles. The number of carbonyl (C=O) groups excluding carboxylic acids is 1. The number of nitrogens with zero attached hydrogens (tertiary/aromatic N) is 2. The molecule has 1 rings (SSSR count). The number of rotatable bonds is 4. The average molecular weight is 303 g/mol. The van der Waals surface area contributed by atoms with Crippen molar-refractivity contribution in [3.8, 4) is 6.07 Å². The van der Waals surface area contributed by atoms with E-state index in [1.54, 1.807) is 0 Å². The van der Waals surface area contributed by atoms with Crippen molar-refractivity contribution in [2.45, 2.75) is 25.1 Å². The van der Waals surface area contributed by atoms with E-state index in [0.717, 1.165) is 13.1 Å². The minimum atomic E-state index is -4.80. The zero-order valence-electron chi connectivity index (χ0n) is 10.9. The number of aromatic nitrogens is 1. The highest BCUT2D eigenvalue weighted by molar-refractivity contribution is 5.96. The molecule has 1 atom stereocenters. The van der Waals surface area contributed by atoms with Gasteiger partial charge in [0, 0.05) is 13.0 Å². The summed E-state index contributed by atoms with van der Waals surface area (Å²) in [5.74, 6) is -0.990. The third-order valence-corrected chi connectivity index (χ3v) is 2.64. The first kappa shape index (κ1) is 16.9. The van der Waals surface area contributed by atoms with Gasteiger partial charge in [0.1, 0.15) is 11.7 Å². The van der Waals surface area contributed by atoms with Gasteiger partial charge < -0.3 is 15.5 Å². The molecule has 1 amide bonds. The van der Waals surface area contributed by atoms with E-state index in [1.165, 1.54) is 6.07 Å². The summed E-state index contributed by atoms with van der Waals surface area (Å²) in [5.41, 5.74) is -4.36. The van der Waals surface area contributed by atoms with Crippen LogP contribution in [-0.4, -0.2) is 33.3 Å². The zero-order valence-corrected chi connectivity index (χ0v) is 10.9. The van der Waals surface area contributed by atoms with Gasteiger partial charge in [-0.25, -0.2) is 4.98 Å². The second-order valence-corrected chi connectivity index (χ2v) is 4.43. The molecule has 6 nitrogen and oxygen atoms in total. The van der Waals surface area contributed by atoms with Crippen molar-refractivity contribution in [3.05, 3.63) is 23.5 Å². The largest absolute Gasteiger partial charge is 0.419 e. The lowest BCUT2D eigenvalue weighted by Gasteiger charge is -2.21. The number of amides is 1. The number of anilines is 1. The van der Waals surface area contributed by atoms with Crippen LogP contribution >= 0.6 is 0 Å². The molecule has 0 radical (unpaired) electrons. The number of nitriles is 1. The summed E-state index contributed by atoms with van der Waals surface area (Å²) < 4.78 is 38.2. The van der Waals surface area contributed by atoms with Crippen LogP contribution in [0.15, 0.2) is 12.3 Å². The fraction of sp³-hybridized carbons (Fsp3) is 0.417.